The second kappa shape index (κ2) is 9.27. The van der Waals surface area contributed by atoms with E-state index in [0.29, 0.717) is 19.1 Å². The molecule has 0 radical (unpaired) electrons. The van der Waals surface area contributed by atoms with E-state index in [9.17, 15) is 0 Å². The van der Waals surface area contributed by atoms with E-state index in [4.69, 9.17) is 4.74 Å². The molecule has 0 aliphatic carbocycles. The van der Waals surface area contributed by atoms with E-state index in [-0.39, 0.29) is 0 Å². The van der Waals surface area contributed by atoms with Crippen molar-refractivity contribution >= 4 is 11.8 Å². The van der Waals surface area contributed by atoms with E-state index in [1.165, 1.54) is 5.56 Å². The zero-order chi connectivity index (χ0) is 17.2. The Balaban J connectivity index is 1.40. The lowest BCUT2D eigenvalue weighted by Gasteiger charge is -2.09. The molecule has 3 rings (SSSR count). The first kappa shape index (κ1) is 16.8. The molecule has 0 aliphatic heterocycles. The Morgan fingerprint density at radius 1 is 0.800 bits per heavy atom. The highest BCUT2D eigenvalue weighted by Crippen LogP contribution is 2.09. The number of rotatable bonds is 9. The van der Waals surface area contributed by atoms with Crippen molar-refractivity contribution in [1.82, 2.24) is 9.97 Å². The van der Waals surface area contributed by atoms with Gasteiger partial charge in [0.15, 0.2) is 0 Å². The van der Waals surface area contributed by atoms with Crippen LogP contribution in [0, 0.1) is 0 Å². The van der Waals surface area contributed by atoms with Gasteiger partial charge < -0.3 is 15.4 Å². The largest absolute Gasteiger partial charge is 0.492 e. The Hall–Kier alpha value is -3.08. The number of nitrogens with one attached hydrogen (secondary N) is 2. The van der Waals surface area contributed by atoms with Crippen LogP contribution in [0.15, 0.2) is 72.9 Å². The third-order valence-electron chi connectivity index (χ3n) is 3.62. The van der Waals surface area contributed by atoms with E-state index in [1.807, 2.05) is 42.5 Å². The van der Waals surface area contributed by atoms with E-state index < -0.39 is 0 Å². The topological polar surface area (TPSA) is 59.1 Å². The van der Waals surface area contributed by atoms with Gasteiger partial charge >= 0.3 is 0 Å². The van der Waals surface area contributed by atoms with Crippen molar-refractivity contribution in [3.63, 3.8) is 0 Å². The second-order valence-electron chi connectivity index (χ2n) is 5.52. The summed E-state index contributed by atoms with van der Waals surface area (Å²) in [5, 5.41) is 6.50. The molecular formula is C20H22N4O. The predicted molar refractivity (Wildman–Crippen MR) is 101 cm³/mol. The fraction of sp³-hybridized carbons (Fsp3) is 0.200. The fourth-order valence-electron chi connectivity index (χ4n) is 2.37. The van der Waals surface area contributed by atoms with Gasteiger partial charge in [-0.25, -0.2) is 4.98 Å². The first-order valence-electron chi connectivity index (χ1n) is 8.43. The zero-order valence-electron chi connectivity index (χ0n) is 14.1. The summed E-state index contributed by atoms with van der Waals surface area (Å²) in [6.07, 6.45) is 2.71. The molecule has 0 saturated heterocycles. The zero-order valence-corrected chi connectivity index (χ0v) is 14.1. The maximum atomic E-state index is 5.64. The van der Waals surface area contributed by atoms with Gasteiger partial charge in [0.2, 0.25) is 5.95 Å². The van der Waals surface area contributed by atoms with Gasteiger partial charge in [0.05, 0.1) is 6.54 Å². The van der Waals surface area contributed by atoms with Gasteiger partial charge in [-0.2, -0.15) is 4.98 Å². The molecule has 5 heteroatoms. The Bertz CT molecular complexity index is 750. The maximum absolute atomic E-state index is 5.64. The summed E-state index contributed by atoms with van der Waals surface area (Å²) in [6.45, 7) is 2.03. The molecule has 1 heterocycles. The van der Waals surface area contributed by atoms with E-state index in [1.54, 1.807) is 6.20 Å². The van der Waals surface area contributed by atoms with Crippen molar-refractivity contribution in [2.75, 3.05) is 30.3 Å². The molecule has 2 N–H and O–H groups in total. The van der Waals surface area contributed by atoms with Crippen LogP contribution in [0.5, 0.6) is 5.75 Å². The van der Waals surface area contributed by atoms with Crippen molar-refractivity contribution in [1.29, 1.82) is 0 Å². The molecule has 3 aromatic rings. The normalized spacial score (nSPS) is 10.2. The standard InChI is InChI=1S/C20H22N4O/c1-3-7-17(8-4-1)11-13-21-19-12-14-22-20(24-19)23-15-16-25-18-9-5-2-6-10-18/h1-10,12,14H,11,13,15-16H2,(H2,21,22,23,24). The summed E-state index contributed by atoms with van der Waals surface area (Å²) in [6, 6.07) is 22.0. The molecule has 128 valence electrons. The number of benzene rings is 2. The first-order chi connectivity index (χ1) is 12.4. The lowest BCUT2D eigenvalue weighted by molar-refractivity contribution is 0.332. The van der Waals surface area contributed by atoms with Crippen molar-refractivity contribution in [2.24, 2.45) is 0 Å². The smallest absolute Gasteiger partial charge is 0.224 e. The van der Waals surface area contributed by atoms with Crippen LogP contribution < -0.4 is 15.4 Å². The number of para-hydroxylation sites is 1. The summed E-state index contributed by atoms with van der Waals surface area (Å²) in [4.78, 5) is 8.69. The van der Waals surface area contributed by atoms with Crippen LogP contribution in [0.3, 0.4) is 0 Å². The highest BCUT2D eigenvalue weighted by Gasteiger charge is 1.99. The molecule has 2 aromatic carbocycles. The Morgan fingerprint density at radius 2 is 1.56 bits per heavy atom. The minimum atomic E-state index is 0.555. The Kier molecular flexibility index (Phi) is 6.22. The van der Waals surface area contributed by atoms with Crippen molar-refractivity contribution < 1.29 is 4.74 Å². The molecule has 0 bridgehead atoms. The molecule has 0 atom stereocenters. The molecule has 5 nitrogen and oxygen atoms in total. The van der Waals surface area contributed by atoms with Gasteiger partial charge in [-0.1, -0.05) is 48.5 Å². The fourth-order valence-corrected chi connectivity index (χ4v) is 2.37. The minimum absolute atomic E-state index is 0.555. The number of anilines is 2. The number of hydrogen-bond acceptors (Lipinski definition) is 5. The monoisotopic (exact) mass is 334 g/mol. The number of aromatic nitrogens is 2. The lowest BCUT2D eigenvalue weighted by Crippen LogP contribution is -2.14. The summed E-state index contributed by atoms with van der Waals surface area (Å²) < 4.78 is 5.64. The third kappa shape index (κ3) is 5.80. The van der Waals surface area contributed by atoms with Crippen molar-refractivity contribution in [3.8, 4) is 5.75 Å². The highest BCUT2D eigenvalue weighted by molar-refractivity contribution is 5.39. The summed E-state index contributed by atoms with van der Waals surface area (Å²) >= 11 is 0. The minimum Gasteiger partial charge on any atom is -0.492 e. The quantitative estimate of drug-likeness (QED) is 0.585. The molecule has 0 amide bonds. The molecular weight excluding hydrogens is 312 g/mol. The molecule has 1 aromatic heterocycles. The predicted octanol–water partition coefficient (Wildman–Crippen LogP) is 3.62. The van der Waals surface area contributed by atoms with Crippen LogP contribution >= 0.6 is 0 Å². The average Bonchev–Trinajstić information content (AvgIpc) is 2.67. The molecule has 0 unspecified atom stereocenters. The van der Waals surface area contributed by atoms with Gasteiger partial charge in [0.25, 0.3) is 0 Å². The van der Waals surface area contributed by atoms with Crippen LogP contribution in [0.2, 0.25) is 0 Å². The van der Waals surface area contributed by atoms with Gasteiger partial charge in [-0.05, 0) is 30.2 Å². The first-order valence-corrected chi connectivity index (χ1v) is 8.43. The van der Waals surface area contributed by atoms with Gasteiger partial charge in [0.1, 0.15) is 18.2 Å². The van der Waals surface area contributed by atoms with Crippen LogP contribution in [0.25, 0.3) is 0 Å². The van der Waals surface area contributed by atoms with Gasteiger partial charge in [0, 0.05) is 12.7 Å². The third-order valence-corrected chi connectivity index (χ3v) is 3.62. The summed E-state index contributed by atoms with van der Waals surface area (Å²) in [5.41, 5.74) is 1.31. The molecule has 25 heavy (non-hydrogen) atoms. The van der Waals surface area contributed by atoms with E-state index in [2.05, 4.69) is 44.9 Å². The van der Waals surface area contributed by atoms with Crippen LogP contribution in [-0.4, -0.2) is 29.7 Å². The summed E-state index contributed by atoms with van der Waals surface area (Å²) in [7, 11) is 0. The lowest BCUT2D eigenvalue weighted by atomic mass is 10.1. The van der Waals surface area contributed by atoms with Crippen molar-refractivity contribution in [2.45, 2.75) is 6.42 Å². The second-order valence-corrected chi connectivity index (χ2v) is 5.52. The summed E-state index contributed by atoms with van der Waals surface area (Å²) in [5.74, 6) is 2.28. The van der Waals surface area contributed by atoms with Crippen LogP contribution in [-0.2, 0) is 6.42 Å². The number of nitrogens with zero attached hydrogens (tertiary/aromatic N) is 2. The molecule has 0 spiro atoms. The molecule has 0 saturated carbocycles. The Labute approximate surface area is 148 Å². The van der Waals surface area contributed by atoms with E-state index in [0.717, 1.165) is 24.5 Å². The van der Waals surface area contributed by atoms with Gasteiger partial charge in [-0.15, -0.1) is 0 Å². The molecule has 0 aliphatic rings. The van der Waals surface area contributed by atoms with Crippen LogP contribution in [0.4, 0.5) is 11.8 Å². The number of ether oxygens (including phenoxy) is 1. The SMILES string of the molecule is c1ccc(CCNc2ccnc(NCCOc3ccccc3)n2)cc1. The van der Waals surface area contributed by atoms with Crippen LogP contribution in [0.1, 0.15) is 5.56 Å². The Morgan fingerprint density at radius 3 is 2.36 bits per heavy atom. The number of hydrogen-bond donors (Lipinski definition) is 2. The highest BCUT2D eigenvalue weighted by atomic mass is 16.5. The maximum Gasteiger partial charge on any atom is 0.224 e. The molecule has 0 fully saturated rings. The van der Waals surface area contributed by atoms with E-state index >= 15 is 0 Å². The van der Waals surface area contributed by atoms with Crippen molar-refractivity contribution in [3.05, 3.63) is 78.5 Å². The van der Waals surface area contributed by atoms with Gasteiger partial charge in [-0.3, -0.25) is 0 Å². The average molecular weight is 334 g/mol.